The maximum Gasteiger partial charge on any atom is 0.567 e. The van der Waals surface area contributed by atoms with Crippen molar-refractivity contribution in [2.45, 2.75) is 45.5 Å². The van der Waals surface area contributed by atoms with Gasteiger partial charge >= 0.3 is 14.1 Å². The molecule has 0 spiro atoms. The predicted octanol–water partition coefficient (Wildman–Crippen LogP) is 3.58. The Morgan fingerprint density at radius 3 is 2.35 bits per heavy atom. The summed E-state index contributed by atoms with van der Waals surface area (Å²) >= 11 is 1.55. The van der Waals surface area contributed by atoms with Crippen LogP contribution in [0.3, 0.4) is 0 Å². The molecule has 0 amide bonds. The van der Waals surface area contributed by atoms with Crippen LogP contribution in [0.1, 0.15) is 39.7 Å². The fourth-order valence-corrected chi connectivity index (χ4v) is 3.97. The number of carbonyl (C=O) groups excluding carboxylic acids is 1. The third-order valence-electron chi connectivity index (χ3n) is 3.88. The summed E-state index contributed by atoms with van der Waals surface area (Å²) < 4.78 is 9.85. The van der Waals surface area contributed by atoms with Crippen LogP contribution in [0.25, 0.3) is 0 Å². The van der Waals surface area contributed by atoms with E-state index >= 15 is 0 Å². The van der Waals surface area contributed by atoms with Gasteiger partial charge < -0.3 is 4.74 Å². The second kappa shape index (κ2) is 10.6. The van der Waals surface area contributed by atoms with Gasteiger partial charge in [0.2, 0.25) is 0 Å². The number of benzene rings is 1. The SMILES string of the molecule is CC(C)C(CC(C)(C)SCCO[P+](O)(O)O)C(=O)OCc1ccccc1. The lowest BCUT2D eigenvalue weighted by Crippen LogP contribution is -2.30. The van der Waals surface area contributed by atoms with E-state index in [4.69, 9.17) is 19.4 Å². The number of carbonyl (C=O) groups is 1. The summed E-state index contributed by atoms with van der Waals surface area (Å²) in [6, 6.07) is 9.58. The summed E-state index contributed by atoms with van der Waals surface area (Å²) in [5.74, 6) is 0.169. The van der Waals surface area contributed by atoms with Gasteiger partial charge in [0.1, 0.15) is 13.2 Å². The molecule has 0 saturated heterocycles. The largest absolute Gasteiger partial charge is 0.567 e. The second-order valence-electron chi connectivity index (χ2n) is 7.10. The maximum absolute atomic E-state index is 12.5. The van der Waals surface area contributed by atoms with E-state index in [1.165, 1.54) is 0 Å². The van der Waals surface area contributed by atoms with Crippen molar-refractivity contribution in [3.05, 3.63) is 35.9 Å². The Kier molecular flexibility index (Phi) is 9.51. The van der Waals surface area contributed by atoms with Crippen molar-refractivity contribution in [3.63, 3.8) is 0 Å². The summed E-state index contributed by atoms with van der Waals surface area (Å²) in [5, 5.41) is 0. The van der Waals surface area contributed by atoms with Crippen molar-refractivity contribution in [1.82, 2.24) is 0 Å². The highest BCUT2D eigenvalue weighted by Gasteiger charge is 2.34. The zero-order valence-electron chi connectivity index (χ0n) is 15.8. The molecule has 0 saturated carbocycles. The highest BCUT2D eigenvalue weighted by molar-refractivity contribution is 8.00. The van der Waals surface area contributed by atoms with Crippen LogP contribution in [0.4, 0.5) is 0 Å². The lowest BCUT2D eigenvalue weighted by Gasteiger charge is -2.30. The lowest BCUT2D eigenvalue weighted by molar-refractivity contribution is -0.152. The van der Waals surface area contributed by atoms with Gasteiger partial charge in [-0.3, -0.25) is 4.79 Å². The molecule has 0 aliphatic rings. The van der Waals surface area contributed by atoms with Crippen LogP contribution in [0.5, 0.6) is 0 Å². The molecule has 0 bridgehead atoms. The number of thioether (sulfide) groups is 1. The van der Waals surface area contributed by atoms with Gasteiger partial charge in [-0.25, -0.2) is 0 Å². The van der Waals surface area contributed by atoms with E-state index in [9.17, 15) is 4.79 Å². The molecule has 6 nitrogen and oxygen atoms in total. The molecule has 148 valence electrons. The average Bonchev–Trinajstić information content (AvgIpc) is 2.54. The minimum atomic E-state index is -4.18. The standard InChI is InChI=1S/C18H30O6PS/c1-14(2)16(17(19)23-13-15-8-6-5-7-9-15)12-18(3,4)26-11-10-24-25(20,21)22/h5-9,14,16,20-22H,10-13H2,1-4H3/q+1. The lowest BCUT2D eigenvalue weighted by atomic mass is 9.87. The van der Waals surface area contributed by atoms with Crippen molar-refractivity contribution in [1.29, 1.82) is 0 Å². The van der Waals surface area contributed by atoms with Gasteiger partial charge in [-0.2, -0.15) is 31.0 Å². The summed E-state index contributed by atoms with van der Waals surface area (Å²) in [6.45, 7) is 8.34. The van der Waals surface area contributed by atoms with Crippen LogP contribution in [-0.4, -0.2) is 37.8 Å². The Morgan fingerprint density at radius 2 is 1.81 bits per heavy atom. The van der Waals surface area contributed by atoms with Crippen molar-refractivity contribution < 1.29 is 28.7 Å². The fourth-order valence-electron chi connectivity index (χ4n) is 2.49. The molecule has 1 unspecified atom stereocenters. The van der Waals surface area contributed by atoms with Crippen molar-refractivity contribution in [3.8, 4) is 0 Å². The first-order chi connectivity index (χ1) is 12.0. The molecule has 0 aliphatic carbocycles. The number of esters is 1. The summed E-state index contributed by atoms with van der Waals surface area (Å²) in [7, 11) is -4.18. The molecular weight excluding hydrogens is 375 g/mol. The molecular formula is C18H30O6PS+. The predicted molar refractivity (Wildman–Crippen MR) is 105 cm³/mol. The summed E-state index contributed by atoms with van der Waals surface area (Å²) in [5.41, 5.74) is 0.956. The molecule has 1 aromatic rings. The van der Waals surface area contributed by atoms with Crippen LogP contribution < -0.4 is 0 Å². The Hall–Kier alpha value is -0.690. The number of rotatable bonds is 11. The van der Waals surface area contributed by atoms with Crippen LogP contribution in [0.15, 0.2) is 30.3 Å². The quantitative estimate of drug-likeness (QED) is 0.294. The minimum Gasteiger partial charge on any atom is -0.461 e. The van der Waals surface area contributed by atoms with Crippen LogP contribution >= 0.6 is 19.9 Å². The zero-order valence-corrected chi connectivity index (χ0v) is 17.5. The van der Waals surface area contributed by atoms with Crippen LogP contribution in [0.2, 0.25) is 0 Å². The van der Waals surface area contributed by atoms with Crippen LogP contribution in [0, 0.1) is 11.8 Å². The van der Waals surface area contributed by atoms with E-state index in [0.29, 0.717) is 12.2 Å². The zero-order chi connectivity index (χ0) is 19.8. The molecule has 1 atom stereocenters. The van der Waals surface area contributed by atoms with Crippen LogP contribution in [-0.2, 0) is 20.7 Å². The Morgan fingerprint density at radius 1 is 1.19 bits per heavy atom. The van der Waals surface area contributed by atoms with E-state index in [1.54, 1.807) is 11.8 Å². The molecule has 1 aromatic carbocycles. The Bertz CT molecular complexity index is 544. The molecule has 8 heteroatoms. The maximum atomic E-state index is 12.5. The van der Waals surface area contributed by atoms with Gasteiger partial charge in [-0.05, 0) is 17.9 Å². The highest BCUT2D eigenvalue weighted by Crippen LogP contribution is 2.46. The second-order valence-corrected chi connectivity index (χ2v) is 10.2. The van der Waals surface area contributed by atoms with Gasteiger partial charge in [0.25, 0.3) is 0 Å². The summed E-state index contributed by atoms with van der Waals surface area (Å²) in [4.78, 5) is 39.0. The molecule has 0 radical (unpaired) electrons. The molecule has 3 N–H and O–H groups in total. The number of hydrogen-bond donors (Lipinski definition) is 3. The Balaban J connectivity index is 2.52. The van der Waals surface area contributed by atoms with Crippen molar-refractivity contribution in [2.24, 2.45) is 11.8 Å². The minimum absolute atomic E-state index is 0.0240. The highest BCUT2D eigenvalue weighted by atomic mass is 32.2. The van der Waals surface area contributed by atoms with E-state index in [-0.39, 0.29) is 35.8 Å². The Labute approximate surface area is 160 Å². The first kappa shape index (κ1) is 23.3. The van der Waals surface area contributed by atoms with E-state index < -0.39 is 8.17 Å². The van der Waals surface area contributed by atoms with Gasteiger partial charge in [0.15, 0.2) is 0 Å². The number of hydrogen-bond acceptors (Lipinski definition) is 7. The van der Waals surface area contributed by atoms with Gasteiger partial charge in [0.05, 0.1) is 5.92 Å². The third-order valence-corrected chi connectivity index (χ3v) is 5.73. The fraction of sp³-hybridized carbons (Fsp3) is 0.611. The van der Waals surface area contributed by atoms with Crippen molar-refractivity contribution in [2.75, 3.05) is 12.4 Å². The topological polar surface area (TPSA) is 96.2 Å². The molecule has 0 aliphatic heterocycles. The summed E-state index contributed by atoms with van der Waals surface area (Å²) in [6.07, 6.45) is 0.626. The van der Waals surface area contributed by atoms with E-state index in [0.717, 1.165) is 5.56 Å². The molecule has 26 heavy (non-hydrogen) atoms. The monoisotopic (exact) mass is 405 g/mol. The van der Waals surface area contributed by atoms with Gasteiger partial charge in [-0.15, -0.1) is 0 Å². The number of ether oxygens (including phenoxy) is 1. The molecule has 0 aromatic heterocycles. The molecule has 1 rings (SSSR count). The smallest absolute Gasteiger partial charge is 0.461 e. The first-order valence-electron chi connectivity index (χ1n) is 8.56. The first-order valence-corrected chi connectivity index (χ1v) is 11.1. The average molecular weight is 405 g/mol. The molecule has 0 fully saturated rings. The van der Waals surface area contributed by atoms with E-state index in [2.05, 4.69) is 4.52 Å². The third kappa shape index (κ3) is 9.86. The van der Waals surface area contributed by atoms with Gasteiger partial charge in [0, 0.05) is 10.5 Å². The van der Waals surface area contributed by atoms with Gasteiger partial charge in [-0.1, -0.05) is 58.0 Å². The normalized spacial score (nSPS) is 13.7. The van der Waals surface area contributed by atoms with E-state index in [1.807, 2.05) is 58.0 Å². The molecule has 0 heterocycles. The van der Waals surface area contributed by atoms with Crippen molar-refractivity contribution >= 4 is 25.9 Å².